The second kappa shape index (κ2) is 15.4. The SMILES string of the molecule is CCC(C)NC(=O)C(Cc1ccccc1)N(Cc1ccc(F)cc1)C(=O)CN(c1cccc(Cl)c1C)S(=O)(=O)c1ccc(C)cc1. The highest BCUT2D eigenvalue weighted by atomic mass is 35.5. The normalized spacial score (nSPS) is 12.7. The van der Waals surface area contributed by atoms with E-state index in [0.29, 0.717) is 22.6 Å². The van der Waals surface area contributed by atoms with E-state index in [-0.39, 0.29) is 35.5 Å². The third-order valence-electron chi connectivity index (χ3n) is 7.93. The molecule has 0 saturated carbocycles. The van der Waals surface area contributed by atoms with Crippen molar-refractivity contribution >= 4 is 39.1 Å². The summed E-state index contributed by atoms with van der Waals surface area (Å²) in [5, 5.41) is 3.34. The molecule has 0 saturated heterocycles. The molecule has 1 N–H and O–H groups in total. The highest BCUT2D eigenvalue weighted by Crippen LogP contribution is 2.31. The lowest BCUT2D eigenvalue weighted by Crippen LogP contribution is -2.54. The molecular formula is C36H39ClFN3O4S. The zero-order valence-corrected chi connectivity index (χ0v) is 28.0. The molecule has 0 radical (unpaired) electrons. The third kappa shape index (κ3) is 8.53. The Morgan fingerprint density at radius 3 is 2.15 bits per heavy atom. The number of hydrogen-bond donors (Lipinski definition) is 1. The van der Waals surface area contributed by atoms with Crippen LogP contribution >= 0.6 is 11.6 Å². The van der Waals surface area contributed by atoms with Crippen molar-refractivity contribution in [1.82, 2.24) is 10.2 Å². The first-order chi connectivity index (χ1) is 21.9. The molecular weight excluding hydrogens is 625 g/mol. The molecule has 7 nitrogen and oxygen atoms in total. The lowest BCUT2D eigenvalue weighted by molar-refractivity contribution is -0.140. The van der Waals surface area contributed by atoms with Crippen molar-refractivity contribution in [2.45, 2.75) is 64.1 Å². The Hall–Kier alpha value is -4.21. The van der Waals surface area contributed by atoms with E-state index in [2.05, 4.69) is 5.32 Å². The number of benzene rings is 4. The van der Waals surface area contributed by atoms with Gasteiger partial charge in [-0.15, -0.1) is 0 Å². The second-order valence-electron chi connectivity index (χ2n) is 11.4. The van der Waals surface area contributed by atoms with Gasteiger partial charge in [-0.1, -0.05) is 84.8 Å². The number of carbonyl (C=O) groups excluding carboxylic acids is 2. The molecule has 4 aromatic carbocycles. The maximum Gasteiger partial charge on any atom is 0.264 e. The first kappa shape index (κ1) is 34.7. The maximum atomic E-state index is 14.6. The first-order valence-corrected chi connectivity index (χ1v) is 16.9. The number of nitrogens with zero attached hydrogens (tertiary/aromatic N) is 2. The molecule has 0 aliphatic carbocycles. The van der Waals surface area contributed by atoms with Gasteiger partial charge in [0.1, 0.15) is 18.4 Å². The van der Waals surface area contributed by atoms with Crippen molar-refractivity contribution in [3.05, 3.63) is 130 Å². The molecule has 242 valence electrons. The van der Waals surface area contributed by atoms with Crippen molar-refractivity contribution in [2.24, 2.45) is 0 Å². The van der Waals surface area contributed by atoms with Gasteiger partial charge in [-0.3, -0.25) is 13.9 Å². The summed E-state index contributed by atoms with van der Waals surface area (Å²) in [7, 11) is -4.27. The van der Waals surface area contributed by atoms with Crippen LogP contribution in [0.2, 0.25) is 5.02 Å². The Morgan fingerprint density at radius 2 is 1.52 bits per heavy atom. The largest absolute Gasteiger partial charge is 0.352 e. The summed E-state index contributed by atoms with van der Waals surface area (Å²) >= 11 is 6.44. The van der Waals surface area contributed by atoms with Crippen LogP contribution in [-0.2, 0) is 32.6 Å². The molecule has 2 unspecified atom stereocenters. The fraction of sp³-hybridized carbons (Fsp3) is 0.278. The van der Waals surface area contributed by atoms with E-state index >= 15 is 0 Å². The highest BCUT2D eigenvalue weighted by Gasteiger charge is 2.35. The monoisotopic (exact) mass is 663 g/mol. The number of anilines is 1. The molecule has 0 aliphatic rings. The molecule has 0 bridgehead atoms. The number of rotatable bonds is 13. The van der Waals surface area contributed by atoms with Crippen LogP contribution in [0.15, 0.2) is 102 Å². The van der Waals surface area contributed by atoms with Crippen LogP contribution in [0, 0.1) is 19.7 Å². The molecule has 2 amide bonds. The molecule has 0 aliphatic heterocycles. The van der Waals surface area contributed by atoms with E-state index in [1.807, 2.05) is 51.1 Å². The maximum absolute atomic E-state index is 14.6. The lowest BCUT2D eigenvalue weighted by atomic mass is 10.0. The quantitative estimate of drug-likeness (QED) is 0.170. The predicted molar refractivity (Wildman–Crippen MR) is 181 cm³/mol. The summed E-state index contributed by atoms with van der Waals surface area (Å²) in [5.74, 6) is -1.43. The van der Waals surface area contributed by atoms with Gasteiger partial charge in [0.25, 0.3) is 10.0 Å². The van der Waals surface area contributed by atoms with Crippen molar-refractivity contribution in [2.75, 3.05) is 10.8 Å². The van der Waals surface area contributed by atoms with Gasteiger partial charge in [0, 0.05) is 24.0 Å². The summed E-state index contributed by atoms with van der Waals surface area (Å²) < 4.78 is 43.4. The van der Waals surface area contributed by atoms with E-state index < -0.39 is 34.3 Å². The average molecular weight is 664 g/mol. The van der Waals surface area contributed by atoms with Crippen molar-refractivity contribution in [3.63, 3.8) is 0 Å². The van der Waals surface area contributed by atoms with Gasteiger partial charge < -0.3 is 10.2 Å². The van der Waals surface area contributed by atoms with Gasteiger partial charge in [0.05, 0.1) is 10.6 Å². The summed E-state index contributed by atoms with van der Waals surface area (Å²) in [5.41, 5.74) is 3.00. The molecule has 10 heteroatoms. The second-order valence-corrected chi connectivity index (χ2v) is 13.6. The van der Waals surface area contributed by atoms with Gasteiger partial charge in [-0.05, 0) is 80.3 Å². The van der Waals surface area contributed by atoms with Crippen molar-refractivity contribution in [3.8, 4) is 0 Å². The van der Waals surface area contributed by atoms with Gasteiger partial charge in [-0.25, -0.2) is 12.8 Å². The van der Waals surface area contributed by atoms with Crippen LogP contribution in [-0.4, -0.2) is 43.8 Å². The molecule has 2 atom stereocenters. The molecule has 0 spiro atoms. The predicted octanol–water partition coefficient (Wildman–Crippen LogP) is 6.85. The molecule has 0 heterocycles. The summed E-state index contributed by atoms with van der Waals surface area (Å²) in [4.78, 5) is 29.8. The lowest BCUT2D eigenvalue weighted by Gasteiger charge is -2.34. The van der Waals surface area contributed by atoms with E-state index in [9.17, 15) is 22.4 Å². The van der Waals surface area contributed by atoms with Crippen LogP contribution in [0.4, 0.5) is 10.1 Å². The van der Waals surface area contributed by atoms with Crippen LogP contribution in [0.25, 0.3) is 0 Å². The zero-order valence-electron chi connectivity index (χ0n) is 26.4. The van der Waals surface area contributed by atoms with E-state index in [4.69, 9.17) is 11.6 Å². The van der Waals surface area contributed by atoms with Gasteiger partial charge in [0.2, 0.25) is 11.8 Å². The number of carbonyl (C=O) groups is 2. The van der Waals surface area contributed by atoms with Gasteiger partial charge in [0.15, 0.2) is 0 Å². The first-order valence-electron chi connectivity index (χ1n) is 15.1. The Kier molecular flexibility index (Phi) is 11.6. The van der Waals surface area contributed by atoms with E-state index in [0.717, 1.165) is 15.4 Å². The van der Waals surface area contributed by atoms with Crippen LogP contribution in [0.5, 0.6) is 0 Å². The summed E-state index contributed by atoms with van der Waals surface area (Å²) in [6.45, 7) is 6.69. The van der Waals surface area contributed by atoms with Crippen molar-refractivity contribution < 1.29 is 22.4 Å². The number of halogens is 2. The Labute approximate surface area is 276 Å². The minimum atomic E-state index is -4.27. The highest BCUT2D eigenvalue weighted by molar-refractivity contribution is 7.92. The third-order valence-corrected chi connectivity index (χ3v) is 10.1. The van der Waals surface area contributed by atoms with Crippen LogP contribution in [0.3, 0.4) is 0 Å². The summed E-state index contributed by atoms with van der Waals surface area (Å²) in [6, 6.07) is 25.0. The molecule has 4 rings (SSSR count). The minimum Gasteiger partial charge on any atom is -0.352 e. The molecule has 0 fully saturated rings. The number of aryl methyl sites for hydroxylation is 1. The van der Waals surface area contributed by atoms with Crippen molar-refractivity contribution in [1.29, 1.82) is 0 Å². The van der Waals surface area contributed by atoms with E-state index in [1.54, 1.807) is 49.4 Å². The molecule has 46 heavy (non-hydrogen) atoms. The number of sulfonamides is 1. The number of hydrogen-bond acceptors (Lipinski definition) is 4. The Bertz CT molecular complexity index is 1750. The average Bonchev–Trinajstić information content (AvgIpc) is 3.04. The number of nitrogens with one attached hydrogen (secondary N) is 1. The molecule has 0 aromatic heterocycles. The standard InChI is InChI=1S/C36H39ClFN3O4S/c1-5-26(3)39-36(43)34(22-28-10-7-6-8-11-28)40(23-29-16-18-30(38)19-17-29)35(42)24-41(33-13-9-12-32(37)27(33)4)46(44,45)31-20-14-25(2)15-21-31/h6-21,26,34H,5,22-24H2,1-4H3,(H,39,43). The van der Waals surface area contributed by atoms with E-state index in [1.165, 1.54) is 29.2 Å². The van der Waals surface area contributed by atoms with Gasteiger partial charge >= 0.3 is 0 Å². The van der Waals surface area contributed by atoms with Crippen LogP contribution < -0.4 is 9.62 Å². The summed E-state index contributed by atoms with van der Waals surface area (Å²) in [6.07, 6.45) is 0.850. The van der Waals surface area contributed by atoms with Crippen LogP contribution in [0.1, 0.15) is 42.5 Å². The van der Waals surface area contributed by atoms with Gasteiger partial charge in [-0.2, -0.15) is 0 Å². The Balaban J connectivity index is 1.83. The zero-order chi connectivity index (χ0) is 33.4. The number of amides is 2. The topological polar surface area (TPSA) is 86.8 Å². The fourth-order valence-electron chi connectivity index (χ4n) is 5.00. The molecule has 4 aromatic rings. The Morgan fingerprint density at radius 1 is 0.870 bits per heavy atom. The minimum absolute atomic E-state index is 0.00529. The smallest absolute Gasteiger partial charge is 0.264 e. The fourth-order valence-corrected chi connectivity index (χ4v) is 6.64.